The van der Waals surface area contributed by atoms with Gasteiger partial charge in [-0.15, -0.1) is 11.3 Å². The van der Waals surface area contributed by atoms with Crippen LogP contribution in [0.1, 0.15) is 32.1 Å². The van der Waals surface area contributed by atoms with E-state index in [1.807, 2.05) is 18.2 Å². The summed E-state index contributed by atoms with van der Waals surface area (Å²) in [6.45, 7) is 4.79. The lowest BCUT2D eigenvalue weighted by molar-refractivity contribution is -0.140. The Hall–Kier alpha value is -1.61. The summed E-state index contributed by atoms with van der Waals surface area (Å²) in [4.78, 5) is 24.6. The van der Waals surface area contributed by atoms with E-state index < -0.39 is 0 Å². The topological polar surface area (TPSA) is 64.6 Å². The van der Waals surface area contributed by atoms with Crippen LogP contribution in [0, 0.1) is 17.4 Å². The fourth-order valence-corrected chi connectivity index (χ4v) is 3.34. The number of ether oxygens (including phenoxy) is 2. The van der Waals surface area contributed by atoms with Crippen molar-refractivity contribution in [3.05, 3.63) is 48.7 Å². The first kappa shape index (κ1) is 19.7. The Morgan fingerprint density at radius 1 is 1.20 bits per heavy atom. The van der Waals surface area contributed by atoms with Crippen LogP contribution in [0.15, 0.2) is 24.3 Å². The van der Waals surface area contributed by atoms with Gasteiger partial charge in [-0.2, -0.15) is 0 Å². The van der Waals surface area contributed by atoms with Crippen molar-refractivity contribution >= 4 is 45.8 Å². The van der Waals surface area contributed by atoms with Crippen molar-refractivity contribution in [1.29, 1.82) is 0 Å². The molecule has 2 rings (SSSR count). The Bertz CT molecular complexity index is 749. The predicted molar refractivity (Wildman–Crippen MR) is 106 cm³/mol. The van der Waals surface area contributed by atoms with Crippen molar-refractivity contribution in [2.75, 3.05) is 13.7 Å². The van der Waals surface area contributed by atoms with Crippen molar-refractivity contribution in [2.24, 2.45) is 0 Å². The lowest BCUT2D eigenvalue weighted by Gasteiger charge is -2.09. The maximum absolute atomic E-state index is 12.0. The van der Waals surface area contributed by atoms with Crippen LogP contribution in [-0.4, -0.2) is 25.5 Å². The molecule has 2 aromatic rings. The minimum absolute atomic E-state index is 0.162. The lowest BCUT2D eigenvalue weighted by Crippen LogP contribution is -2.25. The zero-order chi connectivity index (χ0) is 18.4. The SMILES string of the molecule is COC(=O)CCNC(=O)c1ccc(COc2cc(C)c(I)c(C)c2)s1. The number of carbonyl (C=O) groups is 2. The molecule has 0 fully saturated rings. The Kier molecular flexibility index (Phi) is 7.24. The van der Waals surface area contributed by atoms with Crippen LogP contribution in [-0.2, 0) is 16.1 Å². The molecule has 0 aliphatic heterocycles. The summed E-state index contributed by atoms with van der Waals surface area (Å²) in [5.41, 5.74) is 2.37. The molecule has 0 unspecified atom stereocenters. The third-order valence-electron chi connectivity index (χ3n) is 3.52. The molecule has 1 N–H and O–H groups in total. The molecule has 1 aromatic carbocycles. The van der Waals surface area contributed by atoms with Crippen molar-refractivity contribution < 1.29 is 19.1 Å². The van der Waals surface area contributed by atoms with Gasteiger partial charge in [-0.3, -0.25) is 9.59 Å². The van der Waals surface area contributed by atoms with Gasteiger partial charge in [0.15, 0.2) is 0 Å². The van der Waals surface area contributed by atoms with Crippen LogP contribution in [0.25, 0.3) is 0 Å². The molecule has 0 aliphatic carbocycles. The number of rotatable bonds is 7. The number of carbonyl (C=O) groups excluding carboxylic acids is 2. The number of methoxy groups -OCH3 is 1. The highest BCUT2D eigenvalue weighted by Crippen LogP contribution is 2.25. The molecule has 0 spiro atoms. The molecule has 0 radical (unpaired) electrons. The summed E-state index contributed by atoms with van der Waals surface area (Å²) >= 11 is 3.71. The highest BCUT2D eigenvalue weighted by molar-refractivity contribution is 14.1. The molecule has 0 atom stereocenters. The Labute approximate surface area is 164 Å². The maximum Gasteiger partial charge on any atom is 0.307 e. The average molecular weight is 473 g/mol. The molecule has 25 heavy (non-hydrogen) atoms. The van der Waals surface area contributed by atoms with Gasteiger partial charge >= 0.3 is 5.97 Å². The van der Waals surface area contributed by atoms with E-state index in [1.54, 1.807) is 6.07 Å². The number of amides is 1. The van der Waals surface area contributed by atoms with E-state index in [0.717, 1.165) is 10.6 Å². The second-order valence-electron chi connectivity index (χ2n) is 5.51. The lowest BCUT2D eigenvalue weighted by atomic mass is 10.1. The van der Waals surface area contributed by atoms with Gasteiger partial charge in [0.25, 0.3) is 5.91 Å². The number of hydrogen-bond acceptors (Lipinski definition) is 5. The van der Waals surface area contributed by atoms with E-state index in [1.165, 1.54) is 33.1 Å². The first-order valence-electron chi connectivity index (χ1n) is 7.74. The molecule has 0 saturated carbocycles. The molecule has 7 heteroatoms. The molecular formula is C18H20INO4S. The Morgan fingerprint density at radius 3 is 2.52 bits per heavy atom. The van der Waals surface area contributed by atoms with Gasteiger partial charge in [0.1, 0.15) is 12.4 Å². The smallest absolute Gasteiger partial charge is 0.307 e. The van der Waals surface area contributed by atoms with Crippen LogP contribution in [0.3, 0.4) is 0 Å². The summed E-state index contributed by atoms with van der Waals surface area (Å²) < 4.78 is 11.6. The van der Waals surface area contributed by atoms with Gasteiger partial charge in [0.2, 0.25) is 0 Å². The quantitative estimate of drug-likeness (QED) is 0.491. The number of benzene rings is 1. The van der Waals surface area contributed by atoms with E-state index in [2.05, 4.69) is 46.5 Å². The van der Waals surface area contributed by atoms with E-state index in [4.69, 9.17) is 4.74 Å². The van der Waals surface area contributed by atoms with Gasteiger partial charge in [-0.1, -0.05) is 0 Å². The molecule has 134 valence electrons. The molecule has 0 aliphatic rings. The van der Waals surface area contributed by atoms with Crippen molar-refractivity contribution in [3.8, 4) is 5.75 Å². The summed E-state index contributed by atoms with van der Waals surface area (Å²) in [5.74, 6) is 0.290. The average Bonchev–Trinajstić information content (AvgIpc) is 3.06. The fraction of sp³-hybridized carbons (Fsp3) is 0.333. The van der Waals surface area contributed by atoms with Crippen molar-refractivity contribution in [1.82, 2.24) is 5.32 Å². The normalized spacial score (nSPS) is 10.4. The predicted octanol–water partition coefficient (Wildman–Crippen LogP) is 3.84. The van der Waals surface area contributed by atoms with E-state index in [-0.39, 0.29) is 24.8 Å². The molecule has 5 nitrogen and oxygen atoms in total. The van der Waals surface area contributed by atoms with Crippen molar-refractivity contribution in [2.45, 2.75) is 26.9 Å². The van der Waals surface area contributed by atoms with Gasteiger partial charge in [0.05, 0.1) is 18.4 Å². The molecule has 1 amide bonds. The molecular weight excluding hydrogens is 453 g/mol. The van der Waals surface area contributed by atoms with Gasteiger partial charge in [-0.05, 0) is 71.8 Å². The first-order chi connectivity index (χ1) is 11.9. The standard InChI is InChI=1S/C18H20INO4S/c1-11-8-13(9-12(2)17(11)19)24-10-14-4-5-15(25-14)18(22)20-7-6-16(21)23-3/h4-5,8-9H,6-7,10H2,1-3H3,(H,20,22). The number of nitrogens with one attached hydrogen (secondary N) is 1. The van der Waals surface area contributed by atoms with Crippen molar-refractivity contribution in [3.63, 3.8) is 0 Å². The van der Waals surface area contributed by atoms with Gasteiger partial charge in [-0.25, -0.2) is 0 Å². The highest BCUT2D eigenvalue weighted by atomic mass is 127. The Balaban J connectivity index is 1.89. The van der Waals surface area contributed by atoms with E-state index in [0.29, 0.717) is 11.5 Å². The minimum Gasteiger partial charge on any atom is -0.488 e. The number of thiophene rings is 1. The third-order valence-corrected chi connectivity index (χ3v) is 6.28. The summed E-state index contributed by atoms with van der Waals surface area (Å²) in [5, 5.41) is 2.70. The second kappa shape index (κ2) is 9.19. The van der Waals surface area contributed by atoms with Crippen LogP contribution in [0.4, 0.5) is 0 Å². The maximum atomic E-state index is 12.0. The van der Waals surface area contributed by atoms with Crippen LogP contribution >= 0.6 is 33.9 Å². The largest absolute Gasteiger partial charge is 0.488 e. The Morgan fingerprint density at radius 2 is 1.88 bits per heavy atom. The monoisotopic (exact) mass is 473 g/mol. The molecule has 1 aromatic heterocycles. The van der Waals surface area contributed by atoms with Gasteiger partial charge < -0.3 is 14.8 Å². The zero-order valence-corrected chi connectivity index (χ0v) is 17.3. The fourth-order valence-electron chi connectivity index (χ4n) is 2.19. The zero-order valence-electron chi connectivity index (χ0n) is 14.3. The van der Waals surface area contributed by atoms with E-state index >= 15 is 0 Å². The van der Waals surface area contributed by atoms with Gasteiger partial charge in [0, 0.05) is 15.0 Å². The van der Waals surface area contributed by atoms with Crippen LogP contribution in [0.5, 0.6) is 5.75 Å². The number of halogens is 1. The highest BCUT2D eigenvalue weighted by Gasteiger charge is 2.11. The second-order valence-corrected chi connectivity index (χ2v) is 7.75. The van der Waals surface area contributed by atoms with Crippen LogP contribution in [0.2, 0.25) is 0 Å². The number of esters is 1. The van der Waals surface area contributed by atoms with Crippen LogP contribution < -0.4 is 10.1 Å². The summed E-state index contributed by atoms with van der Waals surface area (Å²) in [6.07, 6.45) is 0.162. The summed E-state index contributed by atoms with van der Waals surface area (Å²) in [6, 6.07) is 7.68. The minimum atomic E-state index is -0.344. The molecule has 0 saturated heterocycles. The number of aryl methyl sites for hydroxylation is 2. The molecule has 1 heterocycles. The molecule has 0 bridgehead atoms. The third kappa shape index (κ3) is 5.71. The summed E-state index contributed by atoms with van der Waals surface area (Å²) in [7, 11) is 1.33. The number of hydrogen-bond donors (Lipinski definition) is 1. The van der Waals surface area contributed by atoms with E-state index in [9.17, 15) is 9.59 Å². The first-order valence-corrected chi connectivity index (χ1v) is 9.63.